The Morgan fingerprint density at radius 1 is 1.08 bits per heavy atom. The summed E-state index contributed by atoms with van der Waals surface area (Å²) < 4.78 is 0. The van der Waals surface area contributed by atoms with Crippen LogP contribution in [0, 0.1) is 0 Å². The van der Waals surface area contributed by atoms with Gasteiger partial charge in [0.25, 0.3) is 0 Å². The molecule has 3 aromatic rings. The Kier molecular flexibility index (Phi) is 7.19. The normalized spacial score (nSPS) is 11.6. The van der Waals surface area contributed by atoms with Gasteiger partial charge in [-0.05, 0) is 30.0 Å². The molecule has 5 heteroatoms. The maximum atomic E-state index is 10.6. The van der Waals surface area contributed by atoms with Gasteiger partial charge in [-0.1, -0.05) is 48.5 Å². The van der Waals surface area contributed by atoms with E-state index in [-0.39, 0.29) is 6.61 Å². The molecule has 0 aliphatic heterocycles. The molecule has 1 atom stereocenters. The van der Waals surface area contributed by atoms with Crippen LogP contribution in [0.5, 0.6) is 0 Å². The van der Waals surface area contributed by atoms with Crippen LogP contribution in [-0.4, -0.2) is 33.8 Å². The fourth-order valence-electron chi connectivity index (χ4n) is 2.55. The third-order valence-corrected chi connectivity index (χ3v) is 3.90. The van der Waals surface area contributed by atoms with Crippen molar-refractivity contribution in [1.29, 1.82) is 0 Å². The number of nitrogens with one attached hydrogen (secondary N) is 1. The first-order valence-electron chi connectivity index (χ1n) is 8.30. The van der Waals surface area contributed by atoms with Crippen molar-refractivity contribution in [2.24, 2.45) is 5.73 Å². The van der Waals surface area contributed by atoms with Crippen LogP contribution in [0.1, 0.15) is 17.5 Å². The molecule has 0 fully saturated rings. The van der Waals surface area contributed by atoms with E-state index in [0.717, 1.165) is 29.3 Å². The zero-order chi connectivity index (χ0) is 18.1. The molecule has 5 N–H and O–H groups in total. The number of hydrogen-bond acceptors (Lipinski definition) is 3. The molecular formula is C20H24N2O3. The Morgan fingerprint density at radius 2 is 1.76 bits per heavy atom. The number of H-pyrrole nitrogens is 1. The first kappa shape index (κ1) is 18.7. The molecule has 0 spiro atoms. The molecule has 0 aliphatic carbocycles. The van der Waals surface area contributed by atoms with Crippen molar-refractivity contribution in [3.05, 3.63) is 71.9 Å². The minimum atomic E-state index is -0.972. The molecule has 0 bridgehead atoms. The van der Waals surface area contributed by atoms with Crippen LogP contribution in [-0.2, 0) is 17.6 Å². The average Bonchev–Trinajstić information content (AvgIpc) is 3.04. The average molecular weight is 340 g/mol. The predicted octanol–water partition coefficient (Wildman–Crippen LogP) is 2.73. The van der Waals surface area contributed by atoms with Crippen molar-refractivity contribution in [2.45, 2.75) is 25.3 Å². The van der Waals surface area contributed by atoms with Gasteiger partial charge in [0.2, 0.25) is 0 Å². The van der Waals surface area contributed by atoms with Crippen molar-refractivity contribution >= 4 is 16.9 Å². The molecule has 132 valence electrons. The van der Waals surface area contributed by atoms with Gasteiger partial charge >= 0.3 is 5.97 Å². The van der Waals surface area contributed by atoms with Crippen LogP contribution in [0.4, 0.5) is 0 Å². The summed E-state index contributed by atoms with van der Waals surface area (Å²) in [5, 5.41) is 18.3. The topological polar surface area (TPSA) is 99.3 Å². The maximum absolute atomic E-state index is 10.6. The number of nitrogens with two attached hydrogens (primary N) is 1. The number of carboxylic acid groups (broad SMARTS) is 1. The van der Waals surface area contributed by atoms with E-state index in [1.54, 1.807) is 0 Å². The maximum Gasteiger partial charge on any atom is 0.320 e. The number of benzene rings is 2. The molecule has 0 aliphatic rings. The van der Waals surface area contributed by atoms with Gasteiger partial charge in [0.1, 0.15) is 6.04 Å². The van der Waals surface area contributed by atoms with E-state index in [2.05, 4.69) is 17.1 Å². The monoisotopic (exact) mass is 340 g/mol. The second-order valence-corrected chi connectivity index (χ2v) is 5.82. The van der Waals surface area contributed by atoms with Gasteiger partial charge in [0, 0.05) is 30.1 Å². The predicted molar refractivity (Wildman–Crippen MR) is 99.5 cm³/mol. The van der Waals surface area contributed by atoms with E-state index in [1.165, 1.54) is 5.56 Å². The number of aliphatic carboxylic acids is 1. The van der Waals surface area contributed by atoms with E-state index < -0.39 is 12.0 Å². The summed E-state index contributed by atoms with van der Waals surface area (Å²) in [5.74, 6) is -0.972. The number of rotatable bonds is 6. The number of carbonyl (C=O) groups is 1. The highest BCUT2D eigenvalue weighted by Crippen LogP contribution is 2.18. The number of aliphatic hydroxyl groups excluding tert-OH is 1. The fraction of sp³-hybridized carbons (Fsp3) is 0.250. The van der Waals surface area contributed by atoms with Crippen molar-refractivity contribution in [2.75, 3.05) is 6.61 Å². The van der Waals surface area contributed by atoms with Crippen molar-refractivity contribution in [3.63, 3.8) is 0 Å². The summed E-state index contributed by atoms with van der Waals surface area (Å²) in [4.78, 5) is 13.7. The highest BCUT2D eigenvalue weighted by atomic mass is 16.4. The number of aromatic amines is 1. The SMILES string of the molecule is NC(Cc1c[nH]c2ccccc12)C(=O)O.OCCCc1ccccc1. The number of hydrogen-bond donors (Lipinski definition) is 4. The zero-order valence-electron chi connectivity index (χ0n) is 14.1. The smallest absolute Gasteiger partial charge is 0.320 e. The number of carboxylic acids is 1. The highest BCUT2D eigenvalue weighted by molar-refractivity contribution is 5.84. The quantitative estimate of drug-likeness (QED) is 0.554. The van der Waals surface area contributed by atoms with Gasteiger partial charge in [0.15, 0.2) is 0 Å². The van der Waals surface area contributed by atoms with Crippen LogP contribution < -0.4 is 5.73 Å². The number of fused-ring (bicyclic) bond motifs is 1. The van der Waals surface area contributed by atoms with Gasteiger partial charge in [-0.25, -0.2) is 0 Å². The minimum absolute atomic E-state index is 0.287. The summed E-state index contributed by atoms with van der Waals surface area (Å²) in [5.41, 5.74) is 8.74. The van der Waals surface area contributed by atoms with Crippen molar-refractivity contribution in [1.82, 2.24) is 4.98 Å². The summed E-state index contributed by atoms with van der Waals surface area (Å²) in [6, 6.07) is 17.1. The second-order valence-electron chi connectivity index (χ2n) is 5.82. The Hall–Kier alpha value is -2.63. The Morgan fingerprint density at radius 3 is 2.44 bits per heavy atom. The Bertz CT molecular complexity index is 784. The standard InChI is InChI=1S/C11H12N2O2.C9H12O/c12-9(11(14)15)5-7-6-13-10-4-2-1-3-8(7)10;10-8-4-7-9-5-2-1-3-6-9/h1-4,6,9,13H,5,12H2,(H,14,15);1-3,5-6,10H,4,7-8H2. The Labute approximate surface area is 147 Å². The van der Waals surface area contributed by atoms with Crippen molar-refractivity contribution in [3.8, 4) is 0 Å². The summed E-state index contributed by atoms with van der Waals surface area (Å²) in [6.07, 6.45) is 4.01. The Balaban J connectivity index is 0.000000196. The van der Waals surface area contributed by atoms with Gasteiger partial charge in [-0.15, -0.1) is 0 Å². The molecule has 0 amide bonds. The third-order valence-electron chi connectivity index (χ3n) is 3.90. The van der Waals surface area contributed by atoms with Crippen LogP contribution in [0.2, 0.25) is 0 Å². The minimum Gasteiger partial charge on any atom is -0.480 e. The van der Waals surface area contributed by atoms with Crippen LogP contribution in [0.3, 0.4) is 0 Å². The molecule has 5 nitrogen and oxygen atoms in total. The first-order chi connectivity index (χ1) is 12.1. The fourth-order valence-corrected chi connectivity index (χ4v) is 2.55. The molecular weight excluding hydrogens is 316 g/mol. The molecule has 2 aromatic carbocycles. The van der Waals surface area contributed by atoms with E-state index in [9.17, 15) is 4.79 Å². The van der Waals surface area contributed by atoms with Crippen LogP contribution >= 0.6 is 0 Å². The van der Waals surface area contributed by atoms with E-state index in [1.807, 2.05) is 48.7 Å². The van der Waals surface area contributed by atoms with Gasteiger partial charge in [-0.2, -0.15) is 0 Å². The molecule has 1 heterocycles. The van der Waals surface area contributed by atoms with Crippen molar-refractivity contribution < 1.29 is 15.0 Å². The summed E-state index contributed by atoms with van der Waals surface area (Å²) >= 11 is 0. The number of aryl methyl sites for hydroxylation is 1. The van der Waals surface area contributed by atoms with E-state index >= 15 is 0 Å². The number of para-hydroxylation sites is 1. The lowest BCUT2D eigenvalue weighted by atomic mass is 10.1. The first-order valence-corrected chi connectivity index (χ1v) is 8.30. The molecule has 0 saturated carbocycles. The molecule has 0 saturated heterocycles. The summed E-state index contributed by atoms with van der Waals surface area (Å²) in [6.45, 7) is 0.287. The van der Waals surface area contributed by atoms with Crippen LogP contribution in [0.25, 0.3) is 10.9 Å². The summed E-state index contributed by atoms with van der Waals surface area (Å²) in [7, 11) is 0. The molecule has 1 aromatic heterocycles. The second kappa shape index (κ2) is 9.61. The lowest BCUT2D eigenvalue weighted by molar-refractivity contribution is -0.138. The van der Waals surface area contributed by atoms with Gasteiger partial charge in [0.05, 0.1) is 0 Å². The van der Waals surface area contributed by atoms with Gasteiger partial charge < -0.3 is 20.9 Å². The van der Waals surface area contributed by atoms with Gasteiger partial charge in [-0.3, -0.25) is 4.79 Å². The van der Waals surface area contributed by atoms with Crippen LogP contribution in [0.15, 0.2) is 60.8 Å². The third kappa shape index (κ3) is 5.74. The van der Waals surface area contributed by atoms with E-state index in [4.69, 9.17) is 15.9 Å². The molecule has 0 radical (unpaired) electrons. The largest absolute Gasteiger partial charge is 0.480 e. The molecule has 25 heavy (non-hydrogen) atoms. The molecule has 3 rings (SSSR count). The lowest BCUT2D eigenvalue weighted by Crippen LogP contribution is -2.32. The van der Waals surface area contributed by atoms with E-state index in [0.29, 0.717) is 6.42 Å². The number of aromatic nitrogens is 1. The highest BCUT2D eigenvalue weighted by Gasteiger charge is 2.14. The molecule has 1 unspecified atom stereocenters. The lowest BCUT2D eigenvalue weighted by Gasteiger charge is -2.04. The number of aliphatic hydroxyl groups is 1. The zero-order valence-corrected chi connectivity index (χ0v) is 14.1.